The first-order valence-electron chi connectivity index (χ1n) is 11.6. The van der Waals surface area contributed by atoms with Gasteiger partial charge in [-0.1, -0.05) is 0 Å². The summed E-state index contributed by atoms with van der Waals surface area (Å²) in [5, 5.41) is 9.79. The van der Waals surface area contributed by atoms with E-state index in [1.54, 1.807) is 11.1 Å². The number of hydrogen-bond donors (Lipinski definition) is 1. The van der Waals surface area contributed by atoms with E-state index < -0.39 is 0 Å². The van der Waals surface area contributed by atoms with Gasteiger partial charge in [0.05, 0.1) is 29.9 Å². The van der Waals surface area contributed by atoms with Crippen molar-refractivity contribution in [3.05, 3.63) is 17.8 Å². The number of hydrogen-bond acceptors (Lipinski definition) is 6. The van der Waals surface area contributed by atoms with Gasteiger partial charge in [-0.3, -0.25) is 9.69 Å². The summed E-state index contributed by atoms with van der Waals surface area (Å²) in [5.74, 6) is 1.27. The Morgan fingerprint density at radius 1 is 1.06 bits per heavy atom. The van der Waals surface area contributed by atoms with Gasteiger partial charge >= 0.3 is 6.09 Å². The van der Waals surface area contributed by atoms with Crippen molar-refractivity contribution in [2.45, 2.75) is 64.0 Å². The Bertz CT molecular complexity index is 859. The van der Waals surface area contributed by atoms with E-state index in [1.807, 2.05) is 13.0 Å². The van der Waals surface area contributed by atoms with Crippen molar-refractivity contribution >= 4 is 23.5 Å². The van der Waals surface area contributed by atoms with Crippen LogP contribution in [0.5, 0.6) is 0 Å². The van der Waals surface area contributed by atoms with E-state index in [2.05, 4.69) is 14.8 Å². The van der Waals surface area contributed by atoms with Gasteiger partial charge in [0.1, 0.15) is 12.4 Å². The second-order valence-electron chi connectivity index (χ2n) is 9.58. The largest absolute Gasteiger partial charge is 0.447 e. The zero-order valence-electron chi connectivity index (χ0n) is 18.3. The normalized spacial score (nSPS) is 28.5. The number of anilines is 2. The summed E-state index contributed by atoms with van der Waals surface area (Å²) in [7, 11) is 0. The average molecular weight is 429 g/mol. The Labute approximate surface area is 183 Å². The van der Waals surface area contributed by atoms with Gasteiger partial charge in [0.15, 0.2) is 0 Å². The summed E-state index contributed by atoms with van der Waals surface area (Å²) in [6.45, 7) is 5.50. The molecule has 2 amide bonds. The molecular weight excluding hydrogens is 396 g/mol. The molecule has 0 radical (unpaired) electrons. The van der Waals surface area contributed by atoms with Gasteiger partial charge in [0.2, 0.25) is 5.91 Å². The molecule has 3 saturated heterocycles. The average Bonchev–Trinajstić information content (AvgIpc) is 3.34. The molecular formula is C23H32N4O4. The van der Waals surface area contributed by atoms with Gasteiger partial charge in [-0.2, -0.15) is 0 Å². The van der Waals surface area contributed by atoms with Crippen LogP contribution in [0.3, 0.4) is 0 Å². The number of rotatable bonds is 3. The van der Waals surface area contributed by atoms with Gasteiger partial charge in [-0.05, 0) is 63.5 Å². The van der Waals surface area contributed by atoms with Crippen molar-refractivity contribution in [1.82, 2.24) is 9.88 Å². The van der Waals surface area contributed by atoms with E-state index in [0.29, 0.717) is 25.1 Å². The smallest absolute Gasteiger partial charge is 0.414 e. The van der Waals surface area contributed by atoms with Crippen molar-refractivity contribution < 1.29 is 19.4 Å². The molecule has 1 N–H and O–H groups in total. The quantitative estimate of drug-likeness (QED) is 0.796. The molecule has 4 heterocycles. The fourth-order valence-corrected chi connectivity index (χ4v) is 5.84. The third kappa shape index (κ3) is 3.64. The van der Waals surface area contributed by atoms with Crippen LogP contribution < -0.4 is 9.80 Å². The van der Waals surface area contributed by atoms with Gasteiger partial charge < -0.3 is 19.6 Å². The summed E-state index contributed by atoms with van der Waals surface area (Å²) in [6.07, 6.45) is 7.38. The molecule has 0 bridgehead atoms. The van der Waals surface area contributed by atoms with Crippen LogP contribution in [0, 0.1) is 12.3 Å². The molecule has 31 heavy (non-hydrogen) atoms. The number of carbonyl (C=O) groups is 2. The van der Waals surface area contributed by atoms with E-state index in [1.165, 1.54) is 0 Å². The lowest BCUT2D eigenvalue weighted by Gasteiger charge is -2.40. The maximum absolute atomic E-state index is 13.4. The molecule has 8 heteroatoms. The van der Waals surface area contributed by atoms with Gasteiger partial charge in [-0.25, -0.2) is 9.78 Å². The molecule has 4 aliphatic rings. The predicted molar refractivity (Wildman–Crippen MR) is 116 cm³/mol. The van der Waals surface area contributed by atoms with Gasteiger partial charge in [-0.15, -0.1) is 0 Å². The van der Waals surface area contributed by atoms with Crippen LogP contribution in [0.25, 0.3) is 0 Å². The fraction of sp³-hybridized carbons (Fsp3) is 0.696. The second-order valence-corrected chi connectivity index (χ2v) is 9.58. The number of aliphatic hydroxyl groups excluding tert-OH is 1. The molecule has 0 unspecified atom stereocenters. The Kier molecular flexibility index (Phi) is 5.28. The molecule has 4 fully saturated rings. The molecule has 1 aliphatic carbocycles. The summed E-state index contributed by atoms with van der Waals surface area (Å²) in [5.41, 5.74) is 1.59. The highest BCUT2D eigenvalue weighted by Crippen LogP contribution is 2.44. The number of cyclic esters (lactones) is 1. The third-order valence-corrected chi connectivity index (χ3v) is 7.78. The van der Waals surface area contributed by atoms with Crippen molar-refractivity contribution in [2.75, 3.05) is 42.6 Å². The summed E-state index contributed by atoms with van der Waals surface area (Å²) < 4.78 is 5.03. The number of nitrogens with zero attached hydrogens (tertiary/aromatic N) is 4. The molecule has 0 aromatic carbocycles. The van der Waals surface area contributed by atoms with Crippen molar-refractivity contribution in [3.8, 4) is 0 Å². The number of pyridine rings is 1. The molecule has 1 aromatic heterocycles. The van der Waals surface area contributed by atoms with E-state index in [4.69, 9.17) is 4.74 Å². The van der Waals surface area contributed by atoms with Gasteiger partial charge in [0, 0.05) is 25.7 Å². The maximum Gasteiger partial charge on any atom is 0.414 e. The number of piperidine rings is 1. The first-order valence-corrected chi connectivity index (χ1v) is 11.6. The zero-order chi connectivity index (χ0) is 21.6. The first-order chi connectivity index (χ1) is 15.0. The number of amides is 2. The van der Waals surface area contributed by atoms with Crippen molar-refractivity contribution in [2.24, 2.45) is 5.41 Å². The van der Waals surface area contributed by atoms with Crippen LogP contribution in [0.1, 0.15) is 50.5 Å². The number of carbonyl (C=O) groups excluding carboxylic acids is 2. The minimum Gasteiger partial charge on any atom is -0.447 e. The molecule has 8 nitrogen and oxygen atoms in total. The van der Waals surface area contributed by atoms with Crippen LogP contribution in [0.4, 0.5) is 16.3 Å². The minimum absolute atomic E-state index is 0.190. The fourth-order valence-electron chi connectivity index (χ4n) is 5.84. The van der Waals surface area contributed by atoms with Crippen LogP contribution in [0.2, 0.25) is 0 Å². The summed E-state index contributed by atoms with van der Waals surface area (Å²) in [4.78, 5) is 35.9. The van der Waals surface area contributed by atoms with E-state index in [-0.39, 0.29) is 17.6 Å². The maximum atomic E-state index is 13.4. The topological polar surface area (TPSA) is 86.2 Å². The van der Waals surface area contributed by atoms with Crippen LogP contribution in [-0.2, 0) is 9.53 Å². The van der Waals surface area contributed by atoms with Crippen molar-refractivity contribution in [3.63, 3.8) is 0 Å². The molecule has 5 rings (SSSR count). The highest BCUT2D eigenvalue weighted by atomic mass is 16.6. The van der Waals surface area contributed by atoms with E-state index in [0.717, 1.165) is 81.6 Å². The Balaban J connectivity index is 1.23. The highest BCUT2D eigenvalue weighted by molar-refractivity contribution is 5.89. The Hall–Kier alpha value is -2.35. The van der Waals surface area contributed by atoms with Crippen molar-refractivity contribution in [1.29, 1.82) is 0 Å². The molecule has 1 spiro atoms. The Morgan fingerprint density at radius 3 is 2.42 bits per heavy atom. The highest BCUT2D eigenvalue weighted by Gasteiger charge is 2.50. The van der Waals surface area contributed by atoms with E-state index >= 15 is 0 Å². The first kappa shape index (κ1) is 20.5. The lowest BCUT2D eigenvalue weighted by molar-refractivity contribution is -0.139. The summed E-state index contributed by atoms with van der Waals surface area (Å²) in [6, 6.07) is 2.31. The molecule has 1 saturated carbocycles. The lowest BCUT2D eigenvalue weighted by atomic mass is 9.77. The molecule has 3 aliphatic heterocycles. The second kappa shape index (κ2) is 7.97. The number of aromatic nitrogens is 1. The summed E-state index contributed by atoms with van der Waals surface area (Å²) >= 11 is 0. The SMILES string of the molecule is Cc1cc(N2CCOC2=O)cnc1N1CCC2(CC1)CCN([C@H]1CC[C@@H](O)CC1)C2=O. The predicted octanol–water partition coefficient (Wildman–Crippen LogP) is 2.47. The monoisotopic (exact) mass is 428 g/mol. The van der Waals surface area contributed by atoms with Crippen LogP contribution in [0.15, 0.2) is 12.3 Å². The Morgan fingerprint density at radius 2 is 1.77 bits per heavy atom. The molecule has 0 atom stereocenters. The zero-order valence-corrected chi connectivity index (χ0v) is 18.3. The molecule has 1 aromatic rings. The number of aliphatic hydroxyl groups is 1. The van der Waals surface area contributed by atoms with Crippen LogP contribution >= 0.6 is 0 Å². The standard InChI is InChI=1S/C23H32N4O4/c1-16-14-18(27-12-13-31-22(27)30)15-24-20(16)25-9-6-23(7-10-25)8-11-26(21(23)29)17-2-4-19(28)5-3-17/h14-15,17,19,28H,2-13H2,1H3/t17-,19+. The van der Waals surface area contributed by atoms with E-state index in [9.17, 15) is 14.7 Å². The van der Waals surface area contributed by atoms with Crippen LogP contribution in [-0.4, -0.2) is 71.9 Å². The van der Waals surface area contributed by atoms with Gasteiger partial charge in [0.25, 0.3) is 0 Å². The third-order valence-electron chi connectivity index (χ3n) is 7.78. The molecule has 168 valence electrons. The number of ether oxygens (including phenoxy) is 1. The number of likely N-dealkylation sites (tertiary alicyclic amines) is 1. The lowest BCUT2D eigenvalue weighted by Crippen LogP contribution is -2.47. The minimum atomic E-state index is -0.314. The number of aryl methyl sites for hydroxylation is 1.